The third-order valence-corrected chi connectivity index (χ3v) is 7.65. The standard InChI is InChI=1S/C21H34N2O3S/c1-4-13-23(21(27(3,24)25)16-9-11-22-12-10-16)19-7-5-18-15-20(26-2)8-6-17(18)14-19/h6,8,15-16,19,21-22H,4-5,7,9-14H2,1-3H3. The molecule has 0 spiro atoms. The van der Waals surface area contributed by atoms with E-state index in [0.717, 1.165) is 63.9 Å². The molecule has 1 heterocycles. The first-order chi connectivity index (χ1) is 12.9. The highest BCUT2D eigenvalue weighted by Crippen LogP contribution is 2.33. The van der Waals surface area contributed by atoms with Crippen molar-refractivity contribution in [3.63, 3.8) is 0 Å². The van der Waals surface area contributed by atoms with Gasteiger partial charge in [0.2, 0.25) is 0 Å². The summed E-state index contributed by atoms with van der Waals surface area (Å²) in [5.74, 6) is 1.13. The van der Waals surface area contributed by atoms with Gasteiger partial charge in [0.25, 0.3) is 0 Å². The van der Waals surface area contributed by atoms with E-state index in [9.17, 15) is 8.42 Å². The Bertz CT molecular complexity index is 729. The van der Waals surface area contributed by atoms with Crippen molar-refractivity contribution >= 4 is 9.84 Å². The molecule has 1 aromatic rings. The molecule has 2 unspecified atom stereocenters. The fourth-order valence-corrected chi connectivity index (χ4v) is 6.63. The molecular formula is C21H34N2O3S. The van der Waals surface area contributed by atoms with Crippen molar-refractivity contribution in [3.05, 3.63) is 29.3 Å². The van der Waals surface area contributed by atoms with Crippen LogP contribution in [0.4, 0.5) is 0 Å². The maximum atomic E-state index is 12.8. The van der Waals surface area contributed by atoms with Crippen LogP contribution in [-0.2, 0) is 22.7 Å². The van der Waals surface area contributed by atoms with Crippen molar-refractivity contribution in [3.8, 4) is 5.75 Å². The van der Waals surface area contributed by atoms with Gasteiger partial charge in [-0.15, -0.1) is 0 Å². The van der Waals surface area contributed by atoms with E-state index in [1.807, 2.05) is 6.07 Å². The van der Waals surface area contributed by atoms with Crippen LogP contribution in [0.25, 0.3) is 0 Å². The molecule has 0 bridgehead atoms. The average Bonchev–Trinajstić information content (AvgIpc) is 2.66. The average molecular weight is 395 g/mol. The molecule has 5 nitrogen and oxygen atoms in total. The van der Waals surface area contributed by atoms with E-state index in [-0.39, 0.29) is 11.3 Å². The molecule has 1 aromatic carbocycles. The summed E-state index contributed by atoms with van der Waals surface area (Å²) in [6.07, 6.45) is 7.22. The topological polar surface area (TPSA) is 58.6 Å². The number of rotatable bonds is 7. The van der Waals surface area contributed by atoms with Crippen molar-refractivity contribution in [1.82, 2.24) is 10.2 Å². The molecule has 1 aliphatic heterocycles. The minimum atomic E-state index is -3.15. The number of nitrogens with one attached hydrogen (secondary N) is 1. The lowest BCUT2D eigenvalue weighted by atomic mass is 9.86. The van der Waals surface area contributed by atoms with E-state index >= 15 is 0 Å². The van der Waals surface area contributed by atoms with E-state index in [1.54, 1.807) is 7.11 Å². The van der Waals surface area contributed by atoms with Gasteiger partial charge in [-0.2, -0.15) is 0 Å². The minimum Gasteiger partial charge on any atom is -0.497 e. The SMILES string of the molecule is CCCN(C1CCc2cc(OC)ccc2C1)C(C1CCNCC1)S(C)(=O)=O. The number of fused-ring (bicyclic) bond motifs is 1. The van der Waals surface area contributed by atoms with Gasteiger partial charge < -0.3 is 10.1 Å². The normalized spacial score (nSPS) is 22.4. The van der Waals surface area contributed by atoms with Crippen LogP contribution >= 0.6 is 0 Å². The van der Waals surface area contributed by atoms with E-state index in [0.29, 0.717) is 6.04 Å². The van der Waals surface area contributed by atoms with Gasteiger partial charge in [0.05, 0.1) is 7.11 Å². The maximum Gasteiger partial charge on any atom is 0.163 e. The molecule has 27 heavy (non-hydrogen) atoms. The van der Waals surface area contributed by atoms with Crippen LogP contribution < -0.4 is 10.1 Å². The Morgan fingerprint density at radius 2 is 1.96 bits per heavy atom. The quantitative estimate of drug-likeness (QED) is 0.770. The Kier molecular flexibility index (Phi) is 6.82. The minimum absolute atomic E-state index is 0.227. The summed E-state index contributed by atoms with van der Waals surface area (Å²) in [5.41, 5.74) is 2.69. The van der Waals surface area contributed by atoms with Crippen LogP contribution in [0.5, 0.6) is 5.75 Å². The van der Waals surface area contributed by atoms with Crippen molar-refractivity contribution in [2.24, 2.45) is 5.92 Å². The number of aryl methyl sites for hydroxylation is 1. The Balaban J connectivity index is 1.86. The van der Waals surface area contributed by atoms with Crippen molar-refractivity contribution in [2.75, 3.05) is 33.0 Å². The molecule has 1 saturated heterocycles. The molecular weight excluding hydrogens is 360 g/mol. The monoisotopic (exact) mass is 394 g/mol. The second-order valence-corrected chi connectivity index (χ2v) is 10.2. The summed E-state index contributed by atoms with van der Waals surface area (Å²) in [4.78, 5) is 2.33. The van der Waals surface area contributed by atoms with E-state index in [4.69, 9.17) is 4.74 Å². The number of hydrogen-bond donors (Lipinski definition) is 1. The fraction of sp³-hybridized carbons (Fsp3) is 0.714. The molecule has 0 radical (unpaired) electrons. The second-order valence-electron chi connectivity index (χ2n) is 8.08. The Morgan fingerprint density at radius 3 is 2.59 bits per heavy atom. The molecule has 0 aromatic heterocycles. The molecule has 2 aliphatic rings. The Labute approximate surface area is 164 Å². The summed E-state index contributed by atoms with van der Waals surface area (Å²) in [6.45, 7) is 4.84. The number of piperidine rings is 1. The molecule has 1 N–H and O–H groups in total. The maximum absolute atomic E-state index is 12.8. The summed E-state index contributed by atoms with van der Waals surface area (Å²) in [6, 6.07) is 6.60. The van der Waals surface area contributed by atoms with Crippen LogP contribution in [0.3, 0.4) is 0 Å². The van der Waals surface area contributed by atoms with Crippen LogP contribution in [0.15, 0.2) is 18.2 Å². The van der Waals surface area contributed by atoms with Gasteiger partial charge in [0.15, 0.2) is 9.84 Å². The lowest BCUT2D eigenvalue weighted by Gasteiger charge is -2.43. The van der Waals surface area contributed by atoms with Gasteiger partial charge >= 0.3 is 0 Å². The first-order valence-corrected chi connectivity index (χ1v) is 12.2. The number of methoxy groups -OCH3 is 1. The number of ether oxygens (including phenoxy) is 1. The highest BCUT2D eigenvalue weighted by Gasteiger charge is 2.39. The third-order valence-electron chi connectivity index (χ3n) is 6.12. The van der Waals surface area contributed by atoms with E-state index < -0.39 is 9.84 Å². The van der Waals surface area contributed by atoms with Gasteiger partial charge in [-0.05, 0) is 87.3 Å². The predicted molar refractivity (Wildman–Crippen MR) is 110 cm³/mol. The van der Waals surface area contributed by atoms with Gasteiger partial charge in [-0.25, -0.2) is 8.42 Å². The highest BCUT2D eigenvalue weighted by molar-refractivity contribution is 7.91. The van der Waals surface area contributed by atoms with Gasteiger partial charge in [-0.3, -0.25) is 4.90 Å². The number of hydrogen-bond acceptors (Lipinski definition) is 5. The molecule has 152 valence electrons. The molecule has 1 fully saturated rings. The summed E-state index contributed by atoms with van der Waals surface area (Å²) in [7, 11) is -1.44. The zero-order chi connectivity index (χ0) is 19.4. The lowest BCUT2D eigenvalue weighted by molar-refractivity contribution is 0.114. The molecule has 0 amide bonds. The Hall–Kier alpha value is -1.11. The smallest absolute Gasteiger partial charge is 0.163 e. The zero-order valence-electron chi connectivity index (χ0n) is 16.9. The summed E-state index contributed by atoms with van der Waals surface area (Å²) in [5, 5.41) is 3.01. The van der Waals surface area contributed by atoms with Gasteiger partial charge in [-0.1, -0.05) is 13.0 Å². The largest absolute Gasteiger partial charge is 0.497 e. The second kappa shape index (κ2) is 8.93. The van der Waals surface area contributed by atoms with Crippen molar-refractivity contribution in [2.45, 2.75) is 56.9 Å². The molecule has 6 heteroatoms. The Morgan fingerprint density at radius 1 is 1.22 bits per heavy atom. The third kappa shape index (κ3) is 4.84. The van der Waals surface area contributed by atoms with Crippen LogP contribution in [-0.4, -0.2) is 57.7 Å². The van der Waals surface area contributed by atoms with Gasteiger partial charge in [0.1, 0.15) is 11.1 Å². The van der Waals surface area contributed by atoms with E-state index in [2.05, 4.69) is 29.3 Å². The number of sulfone groups is 1. The molecule has 2 atom stereocenters. The fourth-order valence-electron chi connectivity index (χ4n) is 4.89. The molecule has 0 saturated carbocycles. The van der Waals surface area contributed by atoms with Crippen LogP contribution in [0, 0.1) is 5.92 Å². The lowest BCUT2D eigenvalue weighted by Crippen LogP contribution is -2.54. The first kappa shape index (κ1) is 20.6. The van der Waals surface area contributed by atoms with Crippen LogP contribution in [0.2, 0.25) is 0 Å². The molecule has 3 rings (SSSR count). The highest BCUT2D eigenvalue weighted by atomic mass is 32.2. The first-order valence-electron chi connectivity index (χ1n) is 10.2. The van der Waals surface area contributed by atoms with Crippen molar-refractivity contribution < 1.29 is 13.2 Å². The van der Waals surface area contributed by atoms with Crippen molar-refractivity contribution in [1.29, 1.82) is 0 Å². The van der Waals surface area contributed by atoms with Gasteiger partial charge in [0, 0.05) is 12.3 Å². The zero-order valence-corrected chi connectivity index (χ0v) is 17.7. The summed E-state index contributed by atoms with van der Waals surface area (Å²) < 4.78 is 31.0. The van der Waals surface area contributed by atoms with E-state index in [1.165, 1.54) is 17.4 Å². The van der Waals surface area contributed by atoms with Crippen LogP contribution in [0.1, 0.15) is 43.7 Å². The number of benzene rings is 1. The predicted octanol–water partition coefficient (Wildman–Crippen LogP) is 2.63. The summed E-state index contributed by atoms with van der Waals surface area (Å²) >= 11 is 0. The number of nitrogens with zero attached hydrogens (tertiary/aromatic N) is 1. The molecule has 1 aliphatic carbocycles.